The number of nitrogens with one attached hydrogen (secondary N) is 1. The molecule has 144 valence electrons. The number of thiazole rings is 1. The second kappa shape index (κ2) is 9.14. The number of amides is 2. The Balaban J connectivity index is 1.60. The number of pyridine rings is 1. The van der Waals surface area contributed by atoms with Crippen LogP contribution in [0.25, 0.3) is 0 Å². The van der Waals surface area contributed by atoms with E-state index in [0.29, 0.717) is 33.7 Å². The fraction of sp³-hybridized carbons (Fsp3) is 0.158. The van der Waals surface area contributed by atoms with Crippen molar-refractivity contribution in [1.82, 2.24) is 14.9 Å². The van der Waals surface area contributed by atoms with Gasteiger partial charge in [-0.3, -0.25) is 19.9 Å². The lowest BCUT2D eigenvalue weighted by Gasteiger charge is -2.15. The number of aromatic nitrogens is 2. The average Bonchev–Trinajstić information content (AvgIpc) is 3.16. The smallest absolute Gasteiger partial charge is 0.273 e. The molecule has 2 aromatic heterocycles. The number of nitrogens with zero attached hydrogens (tertiary/aromatic N) is 3. The van der Waals surface area contributed by atoms with Crippen LogP contribution in [0.15, 0.2) is 48.1 Å². The largest absolute Gasteiger partial charge is 0.340 e. The molecule has 2 heterocycles. The van der Waals surface area contributed by atoms with Crippen molar-refractivity contribution in [3.63, 3.8) is 0 Å². The fourth-order valence-corrected chi connectivity index (χ4v) is 3.35. The van der Waals surface area contributed by atoms with Crippen LogP contribution < -0.4 is 5.32 Å². The molecule has 0 saturated carbocycles. The molecule has 3 aromatic rings. The van der Waals surface area contributed by atoms with Crippen LogP contribution in [0.3, 0.4) is 0 Å². The first-order chi connectivity index (χ1) is 13.4. The molecule has 0 aliphatic heterocycles. The van der Waals surface area contributed by atoms with Crippen molar-refractivity contribution >= 4 is 51.5 Å². The quantitative estimate of drug-likeness (QED) is 0.623. The van der Waals surface area contributed by atoms with Gasteiger partial charge < -0.3 is 4.90 Å². The number of carbonyl (C=O) groups is 2. The van der Waals surface area contributed by atoms with Gasteiger partial charge in [-0.1, -0.05) is 29.3 Å². The zero-order valence-corrected chi connectivity index (χ0v) is 17.2. The molecule has 0 saturated heterocycles. The highest BCUT2D eigenvalue weighted by Crippen LogP contribution is 2.24. The highest BCUT2D eigenvalue weighted by Gasteiger charge is 2.17. The van der Waals surface area contributed by atoms with Gasteiger partial charge in [0.2, 0.25) is 0 Å². The lowest BCUT2D eigenvalue weighted by molar-refractivity contribution is 0.0791. The first-order valence-electron chi connectivity index (χ1n) is 8.30. The van der Waals surface area contributed by atoms with E-state index in [2.05, 4.69) is 15.3 Å². The number of hydrogen-bond donors (Lipinski definition) is 1. The molecule has 0 fully saturated rings. The van der Waals surface area contributed by atoms with Crippen LogP contribution in [0.1, 0.15) is 26.4 Å². The maximum absolute atomic E-state index is 12.5. The lowest BCUT2D eigenvalue weighted by Crippen LogP contribution is -2.29. The summed E-state index contributed by atoms with van der Waals surface area (Å²) in [6.45, 7) is 0.535. The SMILES string of the molecule is CN(CCc1cccnc1)C(=O)c1csc(NC(=O)c2ccc(Cl)c(Cl)c2)n1. The zero-order chi connectivity index (χ0) is 20.1. The molecule has 0 aliphatic rings. The highest BCUT2D eigenvalue weighted by molar-refractivity contribution is 7.14. The van der Waals surface area contributed by atoms with Gasteiger partial charge in [0, 0.05) is 36.9 Å². The summed E-state index contributed by atoms with van der Waals surface area (Å²) in [6, 6.07) is 8.42. The molecule has 0 spiro atoms. The van der Waals surface area contributed by atoms with E-state index in [-0.39, 0.29) is 17.5 Å². The average molecular weight is 435 g/mol. The Kier molecular flexibility index (Phi) is 6.61. The Hall–Kier alpha value is -2.48. The van der Waals surface area contributed by atoms with E-state index < -0.39 is 0 Å². The molecular weight excluding hydrogens is 419 g/mol. The number of anilines is 1. The van der Waals surface area contributed by atoms with E-state index in [0.717, 1.165) is 5.56 Å². The minimum Gasteiger partial charge on any atom is -0.340 e. The summed E-state index contributed by atoms with van der Waals surface area (Å²) in [6.07, 6.45) is 4.18. The predicted octanol–water partition coefficient (Wildman–Crippen LogP) is 4.41. The summed E-state index contributed by atoms with van der Waals surface area (Å²) in [7, 11) is 1.71. The number of likely N-dealkylation sites (N-methyl/N-ethyl adjacent to an activating group) is 1. The van der Waals surface area contributed by atoms with Crippen LogP contribution in [-0.2, 0) is 6.42 Å². The van der Waals surface area contributed by atoms with Gasteiger partial charge >= 0.3 is 0 Å². The monoisotopic (exact) mass is 434 g/mol. The standard InChI is InChI=1S/C19H16Cl2N4O2S/c1-25(8-6-12-3-2-7-22-10-12)18(27)16-11-28-19(23-16)24-17(26)13-4-5-14(20)15(21)9-13/h2-5,7,9-11H,6,8H2,1H3,(H,23,24,26). The van der Waals surface area contributed by atoms with E-state index in [1.54, 1.807) is 41.9 Å². The molecule has 3 rings (SSSR count). The summed E-state index contributed by atoms with van der Waals surface area (Å²) < 4.78 is 0. The van der Waals surface area contributed by atoms with Gasteiger partial charge in [0.1, 0.15) is 5.69 Å². The number of halogens is 2. The molecule has 0 unspecified atom stereocenters. The summed E-state index contributed by atoms with van der Waals surface area (Å²) in [4.78, 5) is 34.7. The molecule has 0 radical (unpaired) electrons. The van der Waals surface area contributed by atoms with E-state index in [4.69, 9.17) is 23.2 Å². The third-order valence-corrected chi connectivity index (χ3v) is 5.43. The van der Waals surface area contributed by atoms with Crippen molar-refractivity contribution in [2.45, 2.75) is 6.42 Å². The summed E-state index contributed by atoms with van der Waals surface area (Å²) >= 11 is 13.0. The van der Waals surface area contributed by atoms with Gasteiger partial charge in [0.05, 0.1) is 10.0 Å². The number of hydrogen-bond acceptors (Lipinski definition) is 5. The highest BCUT2D eigenvalue weighted by atomic mass is 35.5. The van der Waals surface area contributed by atoms with Crippen molar-refractivity contribution < 1.29 is 9.59 Å². The van der Waals surface area contributed by atoms with Crippen molar-refractivity contribution in [3.8, 4) is 0 Å². The van der Waals surface area contributed by atoms with Gasteiger partial charge in [-0.25, -0.2) is 4.98 Å². The third kappa shape index (κ3) is 5.07. The van der Waals surface area contributed by atoms with Crippen LogP contribution in [0.5, 0.6) is 0 Å². The maximum Gasteiger partial charge on any atom is 0.273 e. The molecule has 0 atom stereocenters. The second-order valence-electron chi connectivity index (χ2n) is 5.96. The fourth-order valence-electron chi connectivity index (χ4n) is 2.38. The molecular formula is C19H16Cl2N4O2S. The van der Waals surface area contributed by atoms with Crippen molar-refractivity contribution in [1.29, 1.82) is 0 Å². The predicted molar refractivity (Wildman–Crippen MR) is 111 cm³/mol. The molecule has 2 amide bonds. The Morgan fingerprint density at radius 2 is 2.04 bits per heavy atom. The summed E-state index contributed by atoms with van der Waals surface area (Å²) in [5, 5.41) is 5.28. The van der Waals surface area contributed by atoms with Crippen molar-refractivity contribution in [2.75, 3.05) is 18.9 Å². The van der Waals surface area contributed by atoms with Crippen molar-refractivity contribution in [3.05, 3.63) is 75.0 Å². The molecule has 28 heavy (non-hydrogen) atoms. The topological polar surface area (TPSA) is 75.2 Å². The summed E-state index contributed by atoms with van der Waals surface area (Å²) in [5.74, 6) is -0.591. The molecule has 9 heteroatoms. The first kappa shape index (κ1) is 20.3. The maximum atomic E-state index is 12.5. The van der Waals surface area contributed by atoms with Crippen LogP contribution in [-0.4, -0.2) is 40.3 Å². The molecule has 0 aliphatic carbocycles. The minimum absolute atomic E-state index is 0.213. The van der Waals surface area contributed by atoms with Crippen LogP contribution in [0.2, 0.25) is 10.0 Å². The van der Waals surface area contributed by atoms with E-state index in [1.165, 1.54) is 17.4 Å². The van der Waals surface area contributed by atoms with E-state index >= 15 is 0 Å². The Morgan fingerprint density at radius 1 is 1.21 bits per heavy atom. The number of carbonyl (C=O) groups excluding carboxylic acids is 2. The second-order valence-corrected chi connectivity index (χ2v) is 7.63. The van der Waals surface area contributed by atoms with Gasteiger partial charge in [0.25, 0.3) is 11.8 Å². The van der Waals surface area contributed by atoms with Gasteiger partial charge in [0.15, 0.2) is 5.13 Å². The van der Waals surface area contributed by atoms with Crippen LogP contribution in [0, 0.1) is 0 Å². The Morgan fingerprint density at radius 3 is 2.75 bits per heavy atom. The van der Waals surface area contributed by atoms with E-state index in [9.17, 15) is 9.59 Å². The van der Waals surface area contributed by atoms with Crippen LogP contribution >= 0.6 is 34.5 Å². The normalized spacial score (nSPS) is 10.5. The molecule has 1 N–H and O–H groups in total. The minimum atomic E-state index is -0.378. The number of rotatable bonds is 6. The van der Waals surface area contributed by atoms with E-state index in [1.807, 2.05) is 12.1 Å². The van der Waals surface area contributed by atoms with Crippen LogP contribution in [0.4, 0.5) is 5.13 Å². The summed E-state index contributed by atoms with van der Waals surface area (Å²) in [5.41, 5.74) is 1.68. The Labute approximate surface area is 176 Å². The Bertz CT molecular complexity index is 995. The molecule has 6 nitrogen and oxygen atoms in total. The zero-order valence-electron chi connectivity index (χ0n) is 14.9. The number of benzene rings is 1. The van der Waals surface area contributed by atoms with Crippen molar-refractivity contribution in [2.24, 2.45) is 0 Å². The molecule has 1 aromatic carbocycles. The molecule has 0 bridgehead atoms. The first-order valence-corrected chi connectivity index (χ1v) is 9.94. The third-order valence-electron chi connectivity index (χ3n) is 3.93. The van der Waals surface area contributed by atoms with Gasteiger partial charge in [-0.05, 0) is 36.2 Å². The van der Waals surface area contributed by atoms with Gasteiger partial charge in [-0.15, -0.1) is 11.3 Å². The van der Waals surface area contributed by atoms with Gasteiger partial charge in [-0.2, -0.15) is 0 Å². The lowest BCUT2D eigenvalue weighted by atomic mass is 10.2.